The number of carbonyl (C=O) groups excluding carboxylic acids is 1. The maximum absolute atomic E-state index is 13.3. The first-order valence-electron chi connectivity index (χ1n) is 3.70. The average Bonchev–Trinajstić information content (AvgIpc) is 2.20. The van der Waals surface area contributed by atoms with Gasteiger partial charge in [-0.2, -0.15) is 4.39 Å². The van der Waals surface area contributed by atoms with Crippen LogP contribution in [0.5, 0.6) is 0 Å². The minimum atomic E-state index is -1.07. The molecular formula is C8H4BrClFNO3. The van der Waals surface area contributed by atoms with E-state index in [1.54, 1.807) is 0 Å². The molecule has 0 unspecified atom stereocenters. The lowest BCUT2D eigenvalue weighted by molar-refractivity contribution is -0.387. The molecule has 0 saturated carbocycles. The number of benzene rings is 1. The van der Waals surface area contributed by atoms with Crippen LogP contribution in [0.1, 0.15) is 10.4 Å². The summed E-state index contributed by atoms with van der Waals surface area (Å²) in [7, 11) is 0. The Labute approximate surface area is 97.3 Å². The van der Waals surface area contributed by atoms with Crippen molar-refractivity contribution >= 4 is 39.0 Å². The summed E-state index contributed by atoms with van der Waals surface area (Å²) < 4.78 is 13.1. The van der Waals surface area contributed by atoms with E-state index in [1.807, 2.05) is 0 Å². The molecule has 0 amide bonds. The third-order valence-corrected chi connectivity index (χ3v) is 2.70. The van der Waals surface area contributed by atoms with Gasteiger partial charge in [-0.3, -0.25) is 14.9 Å². The van der Waals surface area contributed by atoms with E-state index < -0.39 is 22.2 Å². The number of nitro benzene ring substituents is 1. The number of halogens is 3. The molecule has 0 atom stereocenters. The van der Waals surface area contributed by atoms with Gasteiger partial charge in [0.1, 0.15) is 0 Å². The van der Waals surface area contributed by atoms with Gasteiger partial charge in [-0.15, -0.1) is 11.6 Å². The first kappa shape index (κ1) is 12.1. The molecule has 80 valence electrons. The van der Waals surface area contributed by atoms with Crippen LogP contribution in [0.15, 0.2) is 16.6 Å². The van der Waals surface area contributed by atoms with E-state index in [-0.39, 0.29) is 15.9 Å². The lowest BCUT2D eigenvalue weighted by atomic mass is 10.1. The molecular weight excluding hydrogens is 292 g/mol. The third kappa shape index (κ3) is 2.32. The molecule has 0 heterocycles. The minimum Gasteiger partial charge on any atom is -0.293 e. The van der Waals surface area contributed by atoms with Gasteiger partial charge in [0.25, 0.3) is 0 Å². The number of rotatable bonds is 3. The van der Waals surface area contributed by atoms with E-state index in [2.05, 4.69) is 15.9 Å². The Balaban J connectivity index is 3.33. The first-order chi connectivity index (χ1) is 6.99. The second kappa shape index (κ2) is 4.67. The fourth-order valence-corrected chi connectivity index (χ4v) is 1.67. The van der Waals surface area contributed by atoms with E-state index in [0.717, 1.165) is 12.1 Å². The molecule has 0 aromatic heterocycles. The number of nitro groups is 1. The average molecular weight is 296 g/mol. The SMILES string of the molecule is O=C(CCl)c1ccc([N+](=O)[O-])c(F)c1Br. The Kier molecular flexibility index (Phi) is 3.76. The Bertz CT molecular complexity index is 438. The molecule has 1 aromatic rings. The number of carbonyl (C=O) groups is 1. The number of alkyl halides is 1. The molecule has 0 saturated heterocycles. The van der Waals surface area contributed by atoms with Crippen LogP contribution in [0.25, 0.3) is 0 Å². The lowest BCUT2D eigenvalue weighted by Crippen LogP contribution is -2.04. The zero-order chi connectivity index (χ0) is 11.6. The van der Waals surface area contributed by atoms with Crippen molar-refractivity contribution in [1.82, 2.24) is 0 Å². The van der Waals surface area contributed by atoms with E-state index in [1.165, 1.54) is 0 Å². The second-order valence-electron chi connectivity index (χ2n) is 2.57. The molecule has 0 spiro atoms. The molecule has 0 bridgehead atoms. The lowest BCUT2D eigenvalue weighted by Gasteiger charge is -2.02. The summed E-state index contributed by atoms with van der Waals surface area (Å²) in [4.78, 5) is 20.7. The largest absolute Gasteiger partial charge is 0.306 e. The topological polar surface area (TPSA) is 60.2 Å². The van der Waals surface area contributed by atoms with Crippen LogP contribution in [-0.4, -0.2) is 16.6 Å². The van der Waals surface area contributed by atoms with Crippen molar-refractivity contribution in [2.24, 2.45) is 0 Å². The Morgan fingerprint density at radius 2 is 2.20 bits per heavy atom. The predicted molar refractivity (Wildman–Crippen MR) is 55.8 cm³/mol. The monoisotopic (exact) mass is 295 g/mol. The molecule has 0 aliphatic carbocycles. The molecule has 0 N–H and O–H groups in total. The number of hydrogen-bond donors (Lipinski definition) is 0. The molecule has 0 fully saturated rings. The highest BCUT2D eigenvalue weighted by atomic mass is 79.9. The van der Waals surface area contributed by atoms with Crippen LogP contribution >= 0.6 is 27.5 Å². The maximum atomic E-state index is 13.3. The smallest absolute Gasteiger partial charge is 0.293 e. The molecule has 0 aliphatic rings. The van der Waals surface area contributed by atoms with Gasteiger partial charge in [0.05, 0.1) is 15.3 Å². The van der Waals surface area contributed by atoms with Gasteiger partial charge in [0.2, 0.25) is 5.82 Å². The van der Waals surface area contributed by atoms with Crippen molar-refractivity contribution in [3.05, 3.63) is 38.1 Å². The fraction of sp³-hybridized carbons (Fsp3) is 0.125. The molecule has 1 aromatic carbocycles. The number of hydrogen-bond acceptors (Lipinski definition) is 3. The summed E-state index contributed by atoms with van der Waals surface area (Å²) in [6.07, 6.45) is 0. The van der Waals surface area contributed by atoms with Gasteiger partial charge >= 0.3 is 5.69 Å². The second-order valence-corrected chi connectivity index (χ2v) is 3.63. The van der Waals surface area contributed by atoms with Crippen molar-refractivity contribution in [3.8, 4) is 0 Å². The summed E-state index contributed by atoms with van der Waals surface area (Å²) in [5, 5.41) is 10.4. The van der Waals surface area contributed by atoms with Crippen molar-refractivity contribution < 1.29 is 14.1 Å². The Hall–Kier alpha value is -1.01. The van der Waals surface area contributed by atoms with Gasteiger partial charge in [0.15, 0.2) is 5.78 Å². The van der Waals surface area contributed by atoms with E-state index in [9.17, 15) is 19.3 Å². The zero-order valence-electron chi connectivity index (χ0n) is 7.17. The third-order valence-electron chi connectivity index (χ3n) is 1.68. The normalized spacial score (nSPS) is 10.1. The minimum absolute atomic E-state index is 0.00639. The summed E-state index contributed by atoms with van der Waals surface area (Å²) in [6, 6.07) is 2.09. The number of nitrogens with zero attached hydrogens (tertiary/aromatic N) is 1. The van der Waals surface area contributed by atoms with Crippen LogP contribution in [-0.2, 0) is 0 Å². The number of Topliss-reactive ketones (excluding diaryl/α,β-unsaturated/α-hetero) is 1. The van der Waals surface area contributed by atoms with Gasteiger partial charge in [-0.05, 0) is 22.0 Å². The molecule has 4 nitrogen and oxygen atoms in total. The van der Waals surface area contributed by atoms with Crippen LogP contribution in [0.3, 0.4) is 0 Å². The summed E-state index contributed by atoms with van der Waals surface area (Å²) in [6.45, 7) is 0. The molecule has 1 rings (SSSR count). The van der Waals surface area contributed by atoms with Crippen molar-refractivity contribution in [2.45, 2.75) is 0 Å². The van der Waals surface area contributed by atoms with Crippen LogP contribution in [0, 0.1) is 15.9 Å². The zero-order valence-corrected chi connectivity index (χ0v) is 9.51. The summed E-state index contributed by atoms with van der Waals surface area (Å²) in [5.74, 6) is -1.89. The highest BCUT2D eigenvalue weighted by molar-refractivity contribution is 9.10. The molecule has 0 aliphatic heterocycles. The Morgan fingerprint density at radius 3 is 2.67 bits per heavy atom. The molecule has 0 radical (unpaired) electrons. The fourth-order valence-electron chi connectivity index (χ4n) is 0.968. The molecule has 7 heteroatoms. The first-order valence-corrected chi connectivity index (χ1v) is 5.03. The standard InChI is InChI=1S/C8H4BrClFNO3/c9-7-4(6(13)3-10)1-2-5(8(7)11)12(14)15/h1-2H,3H2. The van der Waals surface area contributed by atoms with Crippen LogP contribution < -0.4 is 0 Å². The quantitative estimate of drug-likeness (QED) is 0.373. The van der Waals surface area contributed by atoms with Gasteiger partial charge in [0, 0.05) is 11.6 Å². The van der Waals surface area contributed by atoms with Gasteiger partial charge in [-0.1, -0.05) is 0 Å². The van der Waals surface area contributed by atoms with Gasteiger partial charge in [-0.25, -0.2) is 0 Å². The molecule has 15 heavy (non-hydrogen) atoms. The maximum Gasteiger partial charge on any atom is 0.306 e. The number of ketones is 1. The summed E-state index contributed by atoms with van der Waals surface area (Å²) in [5.41, 5.74) is -0.693. The van der Waals surface area contributed by atoms with E-state index in [0.29, 0.717) is 0 Å². The van der Waals surface area contributed by atoms with Crippen molar-refractivity contribution in [3.63, 3.8) is 0 Å². The van der Waals surface area contributed by atoms with Crippen molar-refractivity contribution in [1.29, 1.82) is 0 Å². The Morgan fingerprint density at radius 1 is 1.60 bits per heavy atom. The van der Waals surface area contributed by atoms with E-state index in [4.69, 9.17) is 11.6 Å². The van der Waals surface area contributed by atoms with Crippen LogP contribution in [0.2, 0.25) is 0 Å². The van der Waals surface area contributed by atoms with Gasteiger partial charge < -0.3 is 0 Å². The van der Waals surface area contributed by atoms with E-state index >= 15 is 0 Å². The highest BCUT2D eigenvalue weighted by Crippen LogP contribution is 2.28. The van der Waals surface area contributed by atoms with Crippen LogP contribution in [0.4, 0.5) is 10.1 Å². The van der Waals surface area contributed by atoms with Crippen molar-refractivity contribution in [2.75, 3.05) is 5.88 Å². The highest BCUT2D eigenvalue weighted by Gasteiger charge is 2.21. The summed E-state index contributed by atoms with van der Waals surface area (Å²) >= 11 is 8.07. The predicted octanol–water partition coefficient (Wildman–Crippen LogP) is 2.92.